The van der Waals surface area contributed by atoms with Gasteiger partial charge < -0.3 is 14.8 Å². The zero-order valence-corrected chi connectivity index (χ0v) is 13.8. The van der Waals surface area contributed by atoms with Crippen molar-refractivity contribution in [2.45, 2.75) is 51.7 Å². The summed E-state index contributed by atoms with van der Waals surface area (Å²) >= 11 is 0. The molecule has 0 bridgehead atoms. The largest absolute Gasteiger partial charge is 0.481 e. The minimum atomic E-state index is -1.58. The topological polar surface area (TPSA) is 75.6 Å². The molecule has 0 aromatic rings. The van der Waals surface area contributed by atoms with Gasteiger partial charge in [-0.15, -0.1) is 0 Å². The highest BCUT2D eigenvalue weighted by atomic mass is 28.4. The quantitative estimate of drug-likeness (QED) is 0.532. The lowest BCUT2D eigenvalue weighted by Crippen LogP contribution is -2.37. The molecule has 0 aromatic carbocycles. The maximum absolute atomic E-state index is 12.0. The normalized spacial score (nSPS) is 22.8. The summed E-state index contributed by atoms with van der Waals surface area (Å²) in [5, 5.41) is 12.0. The Kier molecular flexibility index (Phi) is 6.68. The van der Waals surface area contributed by atoms with Gasteiger partial charge in [0.2, 0.25) is 5.91 Å². The van der Waals surface area contributed by atoms with E-state index in [-0.39, 0.29) is 11.8 Å². The average molecular weight is 301 g/mol. The Morgan fingerprint density at radius 1 is 1.30 bits per heavy atom. The molecule has 0 aliphatic heterocycles. The van der Waals surface area contributed by atoms with Gasteiger partial charge in [0.15, 0.2) is 8.32 Å². The van der Waals surface area contributed by atoms with Gasteiger partial charge in [0, 0.05) is 13.2 Å². The van der Waals surface area contributed by atoms with Crippen molar-refractivity contribution in [1.82, 2.24) is 5.32 Å². The molecular weight excluding hydrogens is 274 g/mol. The number of carbonyl (C=O) groups excluding carboxylic acids is 1. The number of amides is 1. The van der Waals surface area contributed by atoms with Gasteiger partial charge in [-0.3, -0.25) is 9.59 Å². The second-order valence-electron chi connectivity index (χ2n) is 6.07. The number of carboxylic acid groups (broad SMARTS) is 1. The van der Waals surface area contributed by atoms with E-state index in [9.17, 15) is 9.59 Å². The summed E-state index contributed by atoms with van der Waals surface area (Å²) in [6.45, 7) is 7.72. The molecule has 0 radical (unpaired) electrons. The molecule has 1 fully saturated rings. The van der Waals surface area contributed by atoms with Gasteiger partial charge in [-0.25, -0.2) is 0 Å². The fourth-order valence-corrected chi connectivity index (χ4v) is 4.84. The van der Waals surface area contributed by atoms with Crippen LogP contribution in [0.4, 0.5) is 0 Å². The first-order valence-electron chi connectivity index (χ1n) is 7.52. The van der Waals surface area contributed by atoms with E-state index in [2.05, 4.69) is 18.4 Å². The van der Waals surface area contributed by atoms with Crippen LogP contribution in [-0.4, -0.2) is 38.5 Å². The molecule has 2 N–H and O–H groups in total. The molecule has 0 spiro atoms. The molecule has 1 rings (SSSR count). The van der Waals surface area contributed by atoms with E-state index in [0.717, 1.165) is 25.5 Å². The van der Waals surface area contributed by atoms with Gasteiger partial charge in [-0.1, -0.05) is 6.42 Å². The Morgan fingerprint density at radius 3 is 2.55 bits per heavy atom. The van der Waals surface area contributed by atoms with Crippen LogP contribution in [0.1, 0.15) is 32.6 Å². The number of hydrogen-bond donors (Lipinski definition) is 2. The Morgan fingerprint density at radius 2 is 1.95 bits per heavy atom. The highest BCUT2D eigenvalue weighted by molar-refractivity contribution is 6.71. The zero-order valence-electron chi connectivity index (χ0n) is 12.8. The maximum atomic E-state index is 12.0. The Balaban J connectivity index is 2.28. The number of rotatable bonds is 8. The lowest BCUT2D eigenvalue weighted by atomic mass is 9.95. The number of aliphatic carboxylic acids is 1. The average Bonchev–Trinajstić information content (AvgIpc) is 2.83. The first kappa shape index (κ1) is 17.2. The summed E-state index contributed by atoms with van der Waals surface area (Å²) in [4.78, 5) is 23.1. The Labute approximate surface area is 122 Å². The first-order valence-corrected chi connectivity index (χ1v) is 10.6. The molecule has 2 atom stereocenters. The number of carbonyl (C=O) groups is 2. The highest BCUT2D eigenvalue weighted by Gasteiger charge is 2.37. The van der Waals surface area contributed by atoms with Crippen LogP contribution >= 0.6 is 0 Å². The second kappa shape index (κ2) is 7.78. The maximum Gasteiger partial charge on any atom is 0.307 e. The second-order valence-corrected chi connectivity index (χ2v) is 10.4. The molecule has 6 heteroatoms. The summed E-state index contributed by atoms with van der Waals surface area (Å²) in [6.07, 6.45) is 3.05. The van der Waals surface area contributed by atoms with Crippen molar-refractivity contribution in [2.24, 2.45) is 11.8 Å². The van der Waals surface area contributed by atoms with Gasteiger partial charge in [0.25, 0.3) is 0 Å². The molecule has 1 amide bonds. The molecule has 2 unspecified atom stereocenters. The van der Waals surface area contributed by atoms with Crippen molar-refractivity contribution < 1.29 is 19.1 Å². The smallest absolute Gasteiger partial charge is 0.307 e. The summed E-state index contributed by atoms with van der Waals surface area (Å²) in [6, 6.07) is 1.01. The minimum Gasteiger partial charge on any atom is -0.481 e. The summed E-state index contributed by atoms with van der Waals surface area (Å²) in [7, 11) is -1.58. The number of carboxylic acids is 1. The minimum absolute atomic E-state index is 0.0919. The van der Waals surface area contributed by atoms with E-state index >= 15 is 0 Å². The van der Waals surface area contributed by atoms with Crippen LogP contribution in [0.2, 0.25) is 19.1 Å². The molecule has 1 aliphatic carbocycles. The lowest BCUT2D eigenvalue weighted by Gasteiger charge is -2.22. The molecule has 116 valence electrons. The number of nitrogens with one attached hydrogen (secondary N) is 1. The molecule has 5 nitrogen and oxygen atoms in total. The van der Waals surface area contributed by atoms with Crippen molar-refractivity contribution in [3.8, 4) is 0 Å². The molecule has 0 heterocycles. The van der Waals surface area contributed by atoms with E-state index in [0.29, 0.717) is 19.4 Å². The van der Waals surface area contributed by atoms with Gasteiger partial charge in [0.1, 0.15) is 0 Å². The predicted molar refractivity (Wildman–Crippen MR) is 80.0 cm³/mol. The van der Waals surface area contributed by atoms with Crippen LogP contribution in [-0.2, 0) is 14.0 Å². The van der Waals surface area contributed by atoms with Crippen LogP contribution in [0.25, 0.3) is 0 Å². The SMILES string of the molecule is CCO[Si](C)(C)CCCNC(=O)C1CCCC1C(=O)O. The molecule has 0 saturated heterocycles. The van der Waals surface area contributed by atoms with E-state index in [1.165, 1.54) is 0 Å². The predicted octanol–water partition coefficient (Wildman–Crippen LogP) is 2.24. The third kappa shape index (κ3) is 5.24. The van der Waals surface area contributed by atoms with E-state index in [1.807, 2.05) is 6.92 Å². The molecule has 1 aliphatic rings. The Hall–Kier alpha value is -0.883. The molecule has 1 saturated carbocycles. The van der Waals surface area contributed by atoms with Crippen molar-refractivity contribution in [3.63, 3.8) is 0 Å². The monoisotopic (exact) mass is 301 g/mol. The summed E-state index contributed by atoms with van der Waals surface area (Å²) in [5.41, 5.74) is 0. The van der Waals surface area contributed by atoms with Crippen LogP contribution in [0.15, 0.2) is 0 Å². The standard InChI is InChI=1S/C14H27NO4Si/c1-4-19-20(2,3)10-6-9-15-13(16)11-7-5-8-12(11)14(17)18/h11-12H,4-10H2,1-3H3,(H,15,16)(H,17,18). The molecule has 0 aromatic heterocycles. The van der Waals surface area contributed by atoms with Crippen LogP contribution in [0.5, 0.6) is 0 Å². The van der Waals surface area contributed by atoms with Gasteiger partial charge in [-0.05, 0) is 45.3 Å². The van der Waals surface area contributed by atoms with E-state index < -0.39 is 20.2 Å². The van der Waals surface area contributed by atoms with Crippen LogP contribution in [0, 0.1) is 11.8 Å². The summed E-state index contributed by atoms with van der Waals surface area (Å²) in [5.74, 6) is -1.77. The first-order chi connectivity index (χ1) is 9.37. The fourth-order valence-electron chi connectivity index (χ4n) is 2.89. The molecular formula is C14H27NO4Si. The third-order valence-corrected chi connectivity index (χ3v) is 6.59. The van der Waals surface area contributed by atoms with Crippen molar-refractivity contribution in [3.05, 3.63) is 0 Å². The van der Waals surface area contributed by atoms with E-state index in [1.54, 1.807) is 0 Å². The zero-order chi connectivity index (χ0) is 15.2. The van der Waals surface area contributed by atoms with E-state index in [4.69, 9.17) is 9.53 Å². The van der Waals surface area contributed by atoms with Gasteiger partial charge in [-0.2, -0.15) is 0 Å². The molecule has 20 heavy (non-hydrogen) atoms. The van der Waals surface area contributed by atoms with Crippen molar-refractivity contribution in [1.29, 1.82) is 0 Å². The Bertz CT molecular complexity index is 346. The van der Waals surface area contributed by atoms with Crippen molar-refractivity contribution in [2.75, 3.05) is 13.2 Å². The highest BCUT2D eigenvalue weighted by Crippen LogP contribution is 2.32. The van der Waals surface area contributed by atoms with Crippen molar-refractivity contribution >= 4 is 20.2 Å². The van der Waals surface area contributed by atoms with Crippen LogP contribution in [0.3, 0.4) is 0 Å². The fraction of sp³-hybridized carbons (Fsp3) is 0.857. The van der Waals surface area contributed by atoms with Gasteiger partial charge >= 0.3 is 5.97 Å². The third-order valence-electron chi connectivity index (χ3n) is 3.96. The van der Waals surface area contributed by atoms with Gasteiger partial charge in [0.05, 0.1) is 11.8 Å². The summed E-state index contributed by atoms with van der Waals surface area (Å²) < 4.78 is 5.73. The number of hydrogen-bond acceptors (Lipinski definition) is 3. The lowest BCUT2D eigenvalue weighted by molar-refractivity contribution is -0.146. The van der Waals surface area contributed by atoms with Crippen LogP contribution < -0.4 is 5.32 Å².